The van der Waals surface area contributed by atoms with E-state index >= 15 is 0 Å². The Morgan fingerprint density at radius 2 is 1.83 bits per heavy atom. The molecule has 1 N–H and O–H groups in total. The number of nitrogens with zero attached hydrogens (tertiary/aromatic N) is 2. The number of hydrogen-bond acceptors (Lipinski definition) is 2. The Balaban J connectivity index is 1.73. The Kier molecular flexibility index (Phi) is 4.44. The second-order valence-corrected chi connectivity index (χ2v) is 5.71. The van der Waals surface area contributed by atoms with Gasteiger partial charge in [-0.05, 0) is 36.8 Å². The number of nitrogens with one attached hydrogen (secondary N) is 1. The Labute approximate surface area is 139 Å². The van der Waals surface area contributed by atoms with E-state index in [4.69, 9.17) is 11.6 Å². The molecule has 0 saturated heterocycles. The molecule has 0 bridgehead atoms. The van der Waals surface area contributed by atoms with Crippen molar-refractivity contribution in [1.82, 2.24) is 9.78 Å². The Morgan fingerprint density at radius 1 is 1.13 bits per heavy atom. The highest BCUT2D eigenvalue weighted by Crippen LogP contribution is 2.14. The topological polar surface area (TPSA) is 46.9 Å². The average Bonchev–Trinajstić information content (AvgIpc) is 2.88. The molecular weight excluding hydrogens is 310 g/mol. The lowest BCUT2D eigenvalue weighted by Gasteiger charge is -2.04. The summed E-state index contributed by atoms with van der Waals surface area (Å²) in [5.74, 6) is 0.337. The van der Waals surface area contributed by atoms with E-state index in [2.05, 4.69) is 10.4 Å². The van der Waals surface area contributed by atoms with Gasteiger partial charge in [-0.15, -0.1) is 0 Å². The maximum atomic E-state index is 12.2. The van der Waals surface area contributed by atoms with Crippen LogP contribution in [0.5, 0.6) is 0 Å². The predicted octanol–water partition coefficient (Wildman–Crippen LogP) is 4.15. The van der Waals surface area contributed by atoms with E-state index in [0.29, 0.717) is 22.9 Å². The fourth-order valence-corrected chi connectivity index (χ4v) is 2.40. The molecule has 23 heavy (non-hydrogen) atoms. The minimum atomic E-state index is -0.203. The molecule has 3 aromatic rings. The summed E-state index contributed by atoms with van der Waals surface area (Å²) in [6.07, 6.45) is 0. The van der Waals surface area contributed by atoms with Crippen LogP contribution in [0.1, 0.15) is 21.6 Å². The highest BCUT2D eigenvalue weighted by molar-refractivity contribution is 6.30. The Bertz CT molecular complexity index is 810. The maximum Gasteiger partial charge on any atom is 0.256 e. The molecule has 0 spiro atoms. The number of benzene rings is 2. The summed E-state index contributed by atoms with van der Waals surface area (Å²) in [6.45, 7) is 2.64. The number of rotatable bonds is 4. The van der Waals surface area contributed by atoms with Gasteiger partial charge in [-0.3, -0.25) is 9.48 Å². The van der Waals surface area contributed by atoms with Crippen molar-refractivity contribution in [3.05, 3.63) is 82.5 Å². The molecule has 0 atom stereocenters. The molecule has 116 valence electrons. The second kappa shape index (κ2) is 6.67. The van der Waals surface area contributed by atoms with E-state index in [0.717, 1.165) is 11.3 Å². The molecule has 0 fully saturated rings. The van der Waals surface area contributed by atoms with Crippen LogP contribution < -0.4 is 5.32 Å². The van der Waals surface area contributed by atoms with E-state index < -0.39 is 0 Å². The molecule has 4 nitrogen and oxygen atoms in total. The first kappa shape index (κ1) is 15.3. The lowest BCUT2D eigenvalue weighted by atomic mass is 10.2. The smallest absolute Gasteiger partial charge is 0.256 e. The molecule has 3 rings (SSSR count). The van der Waals surface area contributed by atoms with Crippen LogP contribution in [-0.2, 0) is 6.54 Å². The minimum absolute atomic E-state index is 0.203. The molecule has 2 aromatic carbocycles. The third kappa shape index (κ3) is 3.79. The van der Waals surface area contributed by atoms with Crippen LogP contribution in [0.2, 0.25) is 5.02 Å². The number of amides is 1. The molecule has 0 aliphatic heterocycles. The highest BCUT2D eigenvalue weighted by atomic mass is 35.5. The van der Waals surface area contributed by atoms with Crippen molar-refractivity contribution in [3.8, 4) is 0 Å². The molecular formula is C18H16ClN3O. The minimum Gasteiger partial charge on any atom is -0.305 e. The Hall–Kier alpha value is -2.59. The Morgan fingerprint density at radius 3 is 2.52 bits per heavy atom. The van der Waals surface area contributed by atoms with Gasteiger partial charge < -0.3 is 5.32 Å². The molecule has 0 unspecified atom stereocenters. The van der Waals surface area contributed by atoms with Crippen molar-refractivity contribution in [2.75, 3.05) is 5.32 Å². The van der Waals surface area contributed by atoms with Gasteiger partial charge in [-0.1, -0.05) is 41.9 Å². The van der Waals surface area contributed by atoms with Crippen LogP contribution in [0.25, 0.3) is 0 Å². The highest BCUT2D eigenvalue weighted by Gasteiger charge is 2.10. The summed E-state index contributed by atoms with van der Waals surface area (Å²) in [5.41, 5.74) is 2.69. The van der Waals surface area contributed by atoms with Gasteiger partial charge in [0.2, 0.25) is 0 Å². The molecule has 1 amide bonds. The van der Waals surface area contributed by atoms with Crippen molar-refractivity contribution >= 4 is 23.3 Å². The van der Waals surface area contributed by atoms with Gasteiger partial charge in [0.05, 0.1) is 6.54 Å². The monoisotopic (exact) mass is 325 g/mol. The summed E-state index contributed by atoms with van der Waals surface area (Å²) in [6, 6.07) is 18.7. The van der Waals surface area contributed by atoms with Gasteiger partial charge in [0.15, 0.2) is 5.82 Å². The molecule has 1 heterocycles. The number of carbonyl (C=O) groups excluding carboxylic acids is 1. The van der Waals surface area contributed by atoms with Gasteiger partial charge in [0.25, 0.3) is 5.91 Å². The lowest BCUT2D eigenvalue weighted by molar-refractivity contribution is 0.102. The zero-order valence-corrected chi connectivity index (χ0v) is 13.4. The molecule has 0 aliphatic carbocycles. The summed E-state index contributed by atoms with van der Waals surface area (Å²) in [7, 11) is 0. The van der Waals surface area contributed by atoms with Crippen LogP contribution in [0, 0.1) is 6.92 Å². The van der Waals surface area contributed by atoms with Crippen LogP contribution in [-0.4, -0.2) is 15.7 Å². The van der Waals surface area contributed by atoms with E-state index in [9.17, 15) is 4.79 Å². The average molecular weight is 326 g/mol. The third-order valence-electron chi connectivity index (χ3n) is 3.50. The number of hydrogen-bond donors (Lipinski definition) is 1. The van der Waals surface area contributed by atoms with Crippen molar-refractivity contribution in [1.29, 1.82) is 0 Å². The quantitative estimate of drug-likeness (QED) is 0.783. The first-order valence-electron chi connectivity index (χ1n) is 7.27. The number of aryl methyl sites for hydroxylation is 1. The number of anilines is 1. The van der Waals surface area contributed by atoms with Gasteiger partial charge in [0.1, 0.15) is 0 Å². The lowest BCUT2D eigenvalue weighted by Crippen LogP contribution is -2.12. The van der Waals surface area contributed by atoms with Crippen LogP contribution in [0.4, 0.5) is 5.82 Å². The first-order chi connectivity index (χ1) is 11.1. The first-order valence-corrected chi connectivity index (χ1v) is 7.65. The van der Waals surface area contributed by atoms with Crippen LogP contribution in [0.15, 0.2) is 60.7 Å². The molecule has 0 radical (unpaired) electrons. The zero-order chi connectivity index (χ0) is 16.2. The molecule has 0 aliphatic rings. The molecule has 5 heteroatoms. The SMILES string of the molecule is Cc1cc(NC(=O)c2ccc(Cl)cc2)nn1Cc1ccccc1. The molecule has 0 saturated carbocycles. The normalized spacial score (nSPS) is 10.5. The third-order valence-corrected chi connectivity index (χ3v) is 3.76. The summed E-state index contributed by atoms with van der Waals surface area (Å²) < 4.78 is 1.87. The van der Waals surface area contributed by atoms with Gasteiger partial charge >= 0.3 is 0 Å². The molecule has 1 aromatic heterocycles. The summed E-state index contributed by atoms with van der Waals surface area (Å²) in [5, 5.41) is 7.86. The van der Waals surface area contributed by atoms with E-state index in [-0.39, 0.29) is 5.91 Å². The predicted molar refractivity (Wildman–Crippen MR) is 91.9 cm³/mol. The van der Waals surface area contributed by atoms with E-state index in [1.807, 2.05) is 48.0 Å². The number of halogens is 1. The van der Waals surface area contributed by atoms with E-state index in [1.165, 1.54) is 0 Å². The van der Waals surface area contributed by atoms with E-state index in [1.54, 1.807) is 24.3 Å². The van der Waals surface area contributed by atoms with Crippen LogP contribution >= 0.6 is 11.6 Å². The zero-order valence-electron chi connectivity index (χ0n) is 12.7. The summed E-state index contributed by atoms with van der Waals surface area (Å²) in [4.78, 5) is 12.2. The van der Waals surface area contributed by atoms with Gasteiger partial charge in [0, 0.05) is 22.3 Å². The number of aromatic nitrogens is 2. The summed E-state index contributed by atoms with van der Waals surface area (Å²) >= 11 is 5.83. The largest absolute Gasteiger partial charge is 0.305 e. The fraction of sp³-hybridized carbons (Fsp3) is 0.111. The van der Waals surface area contributed by atoms with Gasteiger partial charge in [-0.25, -0.2) is 0 Å². The second-order valence-electron chi connectivity index (χ2n) is 5.28. The number of carbonyl (C=O) groups is 1. The van der Waals surface area contributed by atoms with Crippen molar-refractivity contribution in [2.24, 2.45) is 0 Å². The fourth-order valence-electron chi connectivity index (χ4n) is 2.28. The van der Waals surface area contributed by atoms with Gasteiger partial charge in [-0.2, -0.15) is 5.10 Å². The van der Waals surface area contributed by atoms with Crippen LogP contribution in [0.3, 0.4) is 0 Å². The standard InChI is InChI=1S/C18H16ClN3O/c1-13-11-17(20-18(23)15-7-9-16(19)10-8-15)21-22(13)12-14-5-3-2-4-6-14/h2-11H,12H2,1H3,(H,20,21,23). The van der Waals surface area contributed by atoms with Crippen molar-refractivity contribution in [2.45, 2.75) is 13.5 Å². The maximum absolute atomic E-state index is 12.2. The van der Waals surface area contributed by atoms with Crippen molar-refractivity contribution < 1.29 is 4.79 Å². The van der Waals surface area contributed by atoms with Crippen molar-refractivity contribution in [3.63, 3.8) is 0 Å².